The predicted octanol–water partition coefficient (Wildman–Crippen LogP) is 2.38. The van der Waals surface area contributed by atoms with Crippen LogP contribution in [0.15, 0.2) is 30.7 Å². The van der Waals surface area contributed by atoms with Gasteiger partial charge in [-0.2, -0.15) is 0 Å². The van der Waals surface area contributed by atoms with Crippen molar-refractivity contribution in [3.8, 4) is 0 Å². The maximum absolute atomic E-state index is 14.0. The zero-order chi connectivity index (χ0) is 23.7. The van der Waals surface area contributed by atoms with Crippen LogP contribution >= 0.6 is 0 Å². The molecule has 2 aliphatic rings. The van der Waals surface area contributed by atoms with Crippen molar-refractivity contribution < 1.29 is 14.3 Å². The number of nitrogens with two attached hydrogens (primary N) is 1. The van der Waals surface area contributed by atoms with Crippen LogP contribution in [0.3, 0.4) is 0 Å². The van der Waals surface area contributed by atoms with Crippen LogP contribution in [0.2, 0.25) is 0 Å². The van der Waals surface area contributed by atoms with Crippen LogP contribution in [0, 0.1) is 11.7 Å². The van der Waals surface area contributed by atoms with E-state index < -0.39 is 11.7 Å². The quantitative estimate of drug-likeness (QED) is 0.356. The molecule has 0 aromatic carbocycles. The number of aliphatic hydroxyl groups is 1. The summed E-state index contributed by atoms with van der Waals surface area (Å²) < 4.78 is 15.5. The van der Waals surface area contributed by atoms with Gasteiger partial charge in [0.25, 0.3) is 5.91 Å². The molecule has 0 radical (unpaired) electrons. The van der Waals surface area contributed by atoms with Crippen molar-refractivity contribution >= 4 is 28.7 Å². The molecule has 34 heavy (non-hydrogen) atoms. The minimum Gasteiger partial charge on any atom is -0.396 e. The number of fused-ring (bicyclic) bond motifs is 1. The molecule has 3 aromatic rings. The van der Waals surface area contributed by atoms with E-state index >= 15 is 0 Å². The van der Waals surface area contributed by atoms with Crippen LogP contribution in [-0.2, 0) is 0 Å². The van der Waals surface area contributed by atoms with Crippen molar-refractivity contribution in [2.75, 3.05) is 22.6 Å². The van der Waals surface area contributed by atoms with Gasteiger partial charge in [-0.15, -0.1) is 5.10 Å². The summed E-state index contributed by atoms with van der Waals surface area (Å²) in [7, 11) is 0. The maximum atomic E-state index is 14.0. The fourth-order valence-corrected chi connectivity index (χ4v) is 4.66. The number of anilines is 3. The fourth-order valence-electron chi connectivity index (χ4n) is 4.66. The lowest BCUT2D eigenvalue weighted by Crippen LogP contribution is -2.37. The molecule has 0 unspecified atom stereocenters. The average molecular weight is 469 g/mol. The van der Waals surface area contributed by atoms with Crippen LogP contribution in [0.1, 0.15) is 49.0 Å². The van der Waals surface area contributed by atoms with Gasteiger partial charge >= 0.3 is 0 Å². The standard InChI is InChI=1S/C23H29FN8O2/c24-17-10-26-6-5-18(17)30-23(34)20-11-27-22-19(28-16-7-13(8-16)12-33)9-21(31-32(20)22)29-15-3-1-14(25)2-4-15/h5-6,9-11,13-16,28,33H,1-4,7-8,12,25H2,(H,29,31)(H,26,30,34)/t13-,14-,15-,16+. The summed E-state index contributed by atoms with van der Waals surface area (Å²) in [5.41, 5.74) is 7.52. The molecule has 10 nitrogen and oxygen atoms in total. The van der Waals surface area contributed by atoms with Gasteiger partial charge in [0.2, 0.25) is 0 Å². The van der Waals surface area contributed by atoms with Crippen molar-refractivity contribution in [3.63, 3.8) is 0 Å². The molecule has 2 saturated carbocycles. The summed E-state index contributed by atoms with van der Waals surface area (Å²) >= 11 is 0. The zero-order valence-corrected chi connectivity index (χ0v) is 18.7. The van der Waals surface area contributed by atoms with Gasteiger partial charge in [0.05, 0.1) is 23.8 Å². The number of aromatic nitrogens is 4. The first kappa shape index (κ1) is 22.5. The lowest BCUT2D eigenvalue weighted by atomic mass is 9.81. The van der Waals surface area contributed by atoms with E-state index in [1.165, 1.54) is 23.0 Å². The molecule has 11 heteroatoms. The van der Waals surface area contributed by atoms with Crippen LogP contribution in [0.5, 0.6) is 0 Å². The molecule has 5 rings (SSSR count). The predicted molar refractivity (Wildman–Crippen MR) is 126 cm³/mol. The molecule has 3 heterocycles. The largest absolute Gasteiger partial charge is 0.396 e. The molecule has 2 aliphatic carbocycles. The Balaban J connectivity index is 1.44. The lowest BCUT2D eigenvalue weighted by molar-refractivity contribution is 0.102. The molecule has 0 atom stereocenters. The highest BCUT2D eigenvalue weighted by Crippen LogP contribution is 2.32. The molecule has 3 aromatic heterocycles. The second-order valence-electron chi connectivity index (χ2n) is 9.25. The Morgan fingerprint density at radius 2 is 1.94 bits per heavy atom. The second kappa shape index (κ2) is 9.51. The first-order valence-corrected chi connectivity index (χ1v) is 11.7. The van der Waals surface area contributed by atoms with Gasteiger partial charge in [-0.3, -0.25) is 9.78 Å². The summed E-state index contributed by atoms with van der Waals surface area (Å²) in [4.78, 5) is 21.1. The van der Waals surface area contributed by atoms with Crippen molar-refractivity contribution in [2.45, 2.75) is 56.7 Å². The van der Waals surface area contributed by atoms with E-state index in [9.17, 15) is 14.3 Å². The van der Waals surface area contributed by atoms with Crippen LogP contribution in [0.4, 0.5) is 21.6 Å². The highest BCUT2D eigenvalue weighted by Gasteiger charge is 2.29. The zero-order valence-electron chi connectivity index (χ0n) is 18.7. The Morgan fingerprint density at radius 1 is 1.15 bits per heavy atom. The Labute approximate surface area is 196 Å². The number of hydrogen-bond donors (Lipinski definition) is 5. The Hall–Kier alpha value is -3.31. The second-order valence-corrected chi connectivity index (χ2v) is 9.25. The number of hydrogen-bond acceptors (Lipinski definition) is 8. The van der Waals surface area contributed by atoms with Gasteiger partial charge < -0.3 is 26.8 Å². The topological polar surface area (TPSA) is 142 Å². The van der Waals surface area contributed by atoms with E-state index in [0.29, 0.717) is 17.4 Å². The molecule has 2 fully saturated rings. The highest BCUT2D eigenvalue weighted by molar-refractivity contribution is 6.03. The summed E-state index contributed by atoms with van der Waals surface area (Å²) in [6.07, 6.45) is 9.41. The smallest absolute Gasteiger partial charge is 0.276 e. The van der Waals surface area contributed by atoms with E-state index in [2.05, 4.69) is 31.0 Å². The van der Waals surface area contributed by atoms with Gasteiger partial charge in [0.15, 0.2) is 17.2 Å². The number of pyridine rings is 1. The average Bonchev–Trinajstić information content (AvgIpc) is 3.23. The number of aliphatic hydroxyl groups excluding tert-OH is 1. The lowest BCUT2D eigenvalue weighted by Gasteiger charge is -2.35. The van der Waals surface area contributed by atoms with E-state index in [-0.39, 0.29) is 36.1 Å². The Kier molecular flexibility index (Phi) is 6.29. The van der Waals surface area contributed by atoms with Crippen LogP contribution < -0.4 is 21.7 Å². The molecular formula is C23H29FN8O2. The third kappa shape index (κ3) is 4.66. The molecule has 0 aliphatic heterocycles. The number of nitrogens with one attached hydrogen (secondary N) is 3. The van der Waals surface area contributed by atoms with E-state index in [4.69, 9.17) is 5.73 Å². The van der Waals surface area contributed by atoms with Gasteiger partial charge in [0.1, 0.15) is 5.82 Å². The summed E-state index contributed by atoms with van der Waals surface area (Å²) in [6.45, 7) is 0.180. The summed E-state index contributed by atoms with van der Waals surface area (Å²) in [5, 5.41) is 23.5. The van der Waals surface area contributed by atoms with Gasteiger partial charge in [0, 0.05) is 37.0 Å². The number of rotatable bonds is 7. The Morgan fingerprint density at radius 3 is 2.68 bits per heavy atom. The number of amides is 1. The first-order valence-electron chi connectivity index (χ1n) is 11.7. The molecule has 0 bridgehead atoms. The monoisotopic (exact) mass is 468 g/mol. The molecular weight excluding hydrogens is 439 g/mol. The van der Waals surface area contributed by atoms with Crippen molar-refractivity contribution in [3.05, 3.63) is 42.2 Å². The van der Waals surface area contributed by atoms with E-state index in [0.717, 1.165) is 50.4 Å². The maximum Gasteiger partial charge on any atom is 0.276 e. The van der Waals surface area contributed by atoms with Crippen molar-refractivity contribution in [2.24, 2.45) is 11.7 Å². The number of carbonyl (C=O) groups is 1. The highest BCUT2D eigenvalue weighted by atomic mass is 19.1. The minimum atomic E-state index is -0.624. The fraction of sp³-hybridized carbons (Fsp3) is 0.478. The normalized spacial score (nSPS) is 24.4. The number of nitrogens with zero attached hydrogens (tertiary/aromatic N) is 4. The molecule has 6 N–H and O–H groups in total. The Bertz CT molecular complexity index is 1170. The van der Waals surface area contributed by atoms with Crippen molar-refractivity contribution in [1.29, 1.82) is 0 Å². The van der Waals surface area contributed by atoms with Crippen LogP contribution in [-0.4, -0.2) is 55.3 Å². The summed E-state index contributed by atoms with van der Waals surface area (Å²) in [6, 6.07) is 4.00. The van der Waals surface area contributed by atoms with Crippen LogP contribution in [0.25, 0.3) is 5.65 Å². The van der Waals surface area contributed by atoms with E-state index in [1.54, 1.807) is 0 Å². The summed E-state index contributed by atoms with van der Waals surface area (Å²) in [5.74, 6) is -0.228. The minimum absolute atomic E-state index is 0.0330. The first-order chi connectivity index (χ1) is 16.5. The number of carbonyl (C=O) groups excluding carboxylic acids is 1. The van der Waals surface area contributed by atoms with Gasteiger partial charge in [-0.1, -0.05) is 0 Å². The third-order valence-corrected chi connectivity index (χ3v) is 6.70. The van der Waals surface area contributed by atoms with Crippen molar-refractivity contribution in [1.82, 2.24) is 19.6 Å². The van der Waals surface area contributed by atoms with Gasteiger partial charge in [-0.25, -0.2) is 13.9 Å². The molecule has 0 saturated heterocycles. The molecule has 180 valence electrons. The SMILES string of the molecule is N[C@H]1CC[C@H](Nc2cc(N[C@H]3C[C@@H](CO)C3)c3ncc(C(=O)Nc4ccncc4F)n3n2)CC1. The third-order valence-electron chi connectivity index (χ3n) is 6.70. The van der Waals surface area contributed by atoms with Gasteiger partial charge in [-0.05, 0) is 50.5 Å². The molecule has 0 spiro atoms. The van der Waals surface area contributed by atoms with E-state index in [1.807, 2.05) is 6.07 Å². The number of halogens is 1. The molecule has 1 amide bonds. The number of imidazole rings is 1.